The minimum atomic E-state index is -0.247. The van der Waals surface area contributed by atoms with Crippen LogP contribution in [-0.4, -0.2) is 35.3 Å². The van der Waals surface area contributed by atoms with Crippen LogP contribution in [0, 0.1) is 19.7 Å². The molecule has 2 aromatic rings. The number of aromatic nitrogens is 1. The Morgan fingerprint density at radius 1 is 1.17 bits per heavy atom. The fraction of sp³-hybridized carbons (Fsp3) is 0.389. The molecule has 1 aromatic carbocycles. The van der Waals surface area contributed by atoms with Gasteiger partial charge in [0.2, 0.25) is 0 Å². The third-order valence-electron chi connectivity index (χ3n) is 3.86. The van der Waals surface area contributed by atoms with Crippen molar-refractivity contribution >= 4 is 0 Å². The summed E-state index contributed by atoms with van der Waals surface area (Å²) in [5.41, 5.74) is 3.93. The fourth-order valence-corrected chi connectivity index (χ4v) is 2.65. The number of benzene rings is 1. The van der Waals surface area contributed by atoms with Gasteiger partial charge in [-0.15, -0.1) is 0 Å². The zero-order chi connectivity index (χ0) is 16.8. The van der Waals surface area contributed by atoms with Crippen molar-refractivity contribution in [2.75, 3.05) is 20.3 Å². The van der Waals surface area contributed by atoms with Crippen LogP contribution in [0.5, 0.6) is 5.75 Å². The Bertz CT molecular complexity index is 644. The number of nitrogens with zero attached hydrogens (tertiary/aromatic N) is 2. The summed E-state index contributed by atoms with van der Waals surface area (Å²) in [6.45, 7) is 5.76. The molecule has 0 saturated heterocycles. The smallest absolute Gasteiger partial charge is 0.128 e. The molecular formula is C18H23FN2O2. The van der Waals surface area contributed by atoms with E-state index in [4.69, 9.17) is 4.74 Å². The first-order valence-corrected chi connectivity index (χ1v) is 7.62. The molecule has 0 unspecified atom stereocenters. The van der Waals surface area contributed by atoms with Gasteiger partial charge in [-0.3, -0.25) is 9.88 Å². The van der Waals surface area contributed by atoms with Gasteiger partial charge in [-0.2, -0.15) is 0 Å². The molecule has 0 spiro atoms. The van der Waals surface area contributed by atoms with Gasteiger partial charge in [0.05, 0.1) is 19.4 Å². The lowest BCUT2D eigenvalue weighted by atomic mass is 10.1. The van der Waals surface area contributed by atoms with E-state index in [1.54, 1.807) is 25.4 Å². The predicted molar refractivity (Wildman–Crippen MR) is 87.9 cm³/mol. The molecule has 0 saturated carbocycles. The Kier molecular flexibility index (Phi) is 6.07. The number of hydrogen-bond acceptors (Lipinski definition) is 4. The Morgan fingerprint density at radius 3 is 2.48 bits per heavy atom. The Morgan fingerprint density at radius 2 is 1.87 bits per heavy atom. The van der Waals surface area contributed by atoms with Gasteiger partial charge in [-0.1, -0.05) is 12.1 Å². The zero-order valence-electron chi connectivity index (χ0n) is 13.8. The molecule has 124 valence electrons. The van der Waals surface area contributed by atoms with E-state index in [1.807, 2.05) is 13.8 Å². The van der Waals surface area contributed by atoms with Crippen LogP contribution >= 0.6 is 0 Å². The summed E-state index contributed by atoms with van der Waals surface area (Å²) in [6.07, 6.45) is 1.80. The standard InChI is InChI=1S/C18H23FN2O2/c1-13-10-20-17(14(2)18(13)23-3)12-21(8-9-22)11-15-4-6-16(19)7-5-15/h4-7,10,22H,8-9,11-12H2,1-3H3. The normalized spacial score (nSPS) is 11.0. The van der Waals surface area contributed by atoms with Gasteiger partial charge in [0.25, 0.3) is 0 Å². The zero-order valence-corrected chi connectivity index (χ0v) is 13.8. The fourth-order valence-electron chi connectivity index (χ4n) is 2.65. The van der Waals surface area contributed by atoms with Crippen LogP contribution in [0.4, 0.5) is 4.39 Å². The van der Waals surface area contributed by atoms with Gasteiger partial charge in [0.15, 0.2) is 0 Å². The van der Waals surface area contributed by atoms with E-state index in [2.05, 4.69) is 9.88 Å². The molecule has 0 aliphatic heterocycles. The summed E-state index contributed by atoms with van der Waals surface area (Å²) in [7, 11) is 1.66. The largest absolute Gasteiger partial charge is 0.496 e. The van der Waals surface area contributed by atoms with Crippen LogP contribution in [-0.2, 0) is 13.1 Å². The van der Waals surface area contributed by atoms with Crippen LogP contribution in [0.2, 0.25) is 0 Å². The Labute approximate surface area is 136 Å². The molecule has 0 radical (unpaired) electrons. The Hall–Kier alpha value is -1.98. The number of methoxy groups -OCH3 is 1. The van der Waals surface area contributed by atoms with Crippen molar-refractivity contribution in [1.82, 2.24) is 9.88 Å². The lowest BCUT2D eigenvalue weighted by molar-refractivity contribution is 0.182. The minimum absolute atomic E-state index is 0.0588. The first kappa shape index (κ1) is 17.4. The maximum absolute atomic E-state index is 13.0. The summed E-state index contributed by atoms with van der Waals surface area (Å²) in [4.78, 5) is 6.58. The summed E-state index contributed by atoms with van der Waals surface area (Å²) in [5.74, 6) is 0.601. The number of hydrogen-bond donors (Lipinski definition) is 1. The topological polar surface area (TPSA) is 45.6 Å². The molecule has 0 atom stereocenters. The number of aryl methyl sites for hydroxylation is 1. The van der Waals surface area contributed by atoms with Crippen LogP contribution in [0.25, 0.3) is 0 Å². The summed E-state index contributed by atoms with van der Waals surface area (Å²) in [5, 5.41) is 9.30. The molecule has 0 aliphatic carbocycles. The molecule has 0 bridgehead atoms. The average molecular weight is 318 g/mol. The van der Waals surface area contributed by atoms with Gasteiger partial charge in [-0.05, 0) is 31.5 Å². The van der Waals surface area contributed by atoms with Crippen molar-refractivity contribution in [1.29, 1.82) is 0 Å². The van der Waals surface area contributed by atoms with E-state index in [0.717, 1.165) is 28.1 Å². The lowest BCUT2D eigenvalue weighted by Gasteiger charge is -2.23. The molecule has 2 rings (SSSR count). The first-order chi connectivity index (χ1) is 11.0. The SMILES string of the molecule is COc1c(C)cnc(CN(CCO)Cc2ccc(F)cc2)c1C. The first-order valence-electron chi connectivity index (χ1n) is 7.62. The molecule has 1 heterocycles. The van der Waals surface area contributed by atoms with E-state index >= 15 is 0 Å². The van der Waals surface area contributed by atoms with Crippen LogP contribution in [0.1, 0.15) is 22.4 Å². The molecule has 23 heavy (non-hydrogen) atoms. The quantitative estimate of drug-likeness (QED) is 0.853. The van der Waals surface area contributed by atoms with Gasteiger partial charge in [0, 0.05) is 37.0 Å². The highest BCUT2D eigenvalue weighted by atomic mass is 19.1. The monoisotopic (exact) mass is 318 g/mol. The van der Waals surface area contributed by atoms with Gasteiger partial charge in [-0.25, -0.2) is 4.39 Å². The van der Waals surface area contributed by atoms with Crippen molar-refractivity contribution in [2.45, 2.75) is 26.9 Å². The number of pyridine rings is 1. The second-order valence-corrected chi connectivity index (χ2v) is 5.61. The maximum Gasteiger partial charge on any atom is 0.128 e. The van der Waals surface area contributed by atoms with E-state index in [0.29, 0.717) is 19.6 Å². The van der Waals surface area contributed by atoms with Crippen molar-refractivity contribution in [3.8, 4) is 5.75 Å². The van der Waals surface area contributed by atoms with Gasteiger partial charge < -0.3 is 9.84 Å². The molecule has 0 aliphatic rings. The number of ether oxygens (including phenoxy) is 1. The predicted octanol–water partition coefficient (Wildman–Crippen LogP) is 2.84. The number of halogens is 1. The molecule has 0 amide bonds. The van der Waals surface area contributed by atoms with Crippen LogP contribution in [0.3, 0.4) is 0 Å². The van der Waals surface area contributed by atoms with Crippen molar-refractivity contribution in [3.05, 3.63) is 58.7 Å². The summed E-state index contributed by atoms with van der Waals surface area (Å²) < 4.78 is 18.5. The molecule has 1 aromatic heterocycles. The van der Waals surface area contributed by atoms with Crippen molar-refractivity contribution < 1.29 is 14.2 Å². The van der Waals surface area contributed by atoms with E-state index < -0.39 is 0 Å². The average Bonchev–Trinajstić information content (AvgIpc) is 2.53. The summed E-state index contributed by atoms with van der Waals surface area (Å²) in [6, 6.07) is 6.42. The second kappa shape index (κ2) is 8.04. The highest BCUT2D eigenvalue weighted by Crippen LogP contribution is 2.25. The van der Waals surface area contributed by atoms with E-state index in [9.17, 15) is 9.50 Å². The molecule has 0 fully saturated rings. The lowest BCUT2D eigenvalue weighted by Crippen LogP contribution is -2.27. The molecular weight excluding hydrogens is 295 g/mol. The third-order valence-corrected chi connectivity index (χ3v) is 3.86. The van der Waals surface area contributed by atoms with Crippen LogP contribution < -0.4 is 4.74 Å². The number of aliphatic hydroxyl groups is 1. The second-order valence-electron chi connectivity index (χ2n) is 5.61. The van der Waals surface area contributed by atoms with Gasteiger partial charge >= 0.3 is 0 Å². The minimum Gasteiger partial charge on any atom is -0.496 e. The maximum atomic E-state index is 13.0. The third kappa shape index (κ3) is 4.50. The highest BCUT2D eigenvalue weighted by Gasteiger charge is 2.13. The Balaban J connectivity index is 2.17. The van der Waals surface area contributed by atoms with E-state index in [-0.39, 0.29) is 12.4 Å². The summed E-state index contributed by atoms with van der Waals surface area (Å²) >= 11 is 0. The van der Waals surface area contributed by atoms with Gasteiger partial charge in [0.1, 0.15) is 11.6 Å². The molecule has 1 N–H and O–H groups in total. The number of aliphatic hydroxyl groups excluding tert-OH is 1. The molecule has 5 heteroatoms. The van der Waals surface area contributed by atoms with E-state index in [1.165, 1.54) is 12.1 Å². The van der Waals surface area contributed by atoms with Crippen molar-refractivity contribution in [3.63, 3.8) is 0 Å². The molecule has 4 nitrogen and oxygen atoms in total. The highest BCUT2D eigenvalue weighted by molar-refractivity contribution is 5.41. The van der Waals surface area contributed by atoms with Crippen molar-refractivity contribution in [2.24, 2.45) is 0 Å². The van der Waals surface area contributed by atoms with Crippen LogP contribution in [0.15, 0.2) is 30.5 Å². The number of rotatable bonds is 7.